The molecule has 0 saturated heterocycles. The van der Waals surface area contributed by atoms with Crippen molar-refractivity contribution in [3.05, 3.63) is 35.4 Å². The first-order chi connectivity index (χ1) is 7.72. The van der Waals surface area contributed by atoms with Gasteiger partial charge in [-0.3, -0.25) is 0 Å². The Balaban J connectivity index is 2.20. The van der Waals surface area contributed by atoms with E-state index in [0.717, 1.165) is 25.9 Å². The Morgan fingerprint density at radius 3 is 2.56 bits per heavy atom. The predicted molar refractivity (Wildman–Crippen MR) is 68.6 cm³/mol. The van der Waals surface area contributed by atoms with Gasteiger partial charge in [-0.05, 0) is 31.7 Å². The first-order valence-corrected chi connectivity index (χ1v) is 6.11. The Morgan fingerprint density at radius 2 is 1.94 bits per heavy atom. The number of ether oxygens (including phenoxy) is 1. The van der Waals surface area contributed by atoms with Gasteiger partial charge in [0.1, 0.15) is 0 Å². The van der Waals surface area contributed by atoms with E-state index in [1.165, 1.54) is 11.1 Å². The van der Waals surface area contributed by atoms with Crippen molar-refractivity contribution in [1.29, 1.82) is 0 Å². The summed E-state index contributed by atoms with van der Waals surface area (Å²) in [5, 5.41) is 0. The highest BCUT2D eigenvalue weighted by Gasteiger charge is 2.03. The molecule has 1 aromatic rings. The minimum atomic E-state index is 0.160. The SMILES string of the molecule is CCCOCC(N)CCc1ccc(C)cc1. The first-order valence-electron chi connectivity index (χ1n) is 6.11. The summed E-state index contributed by atoms with van der Waals surface area (Å²) in [6.07, 6.45) is 3.09. The van der Waals surface area contributed by atoms with E-state index in [0.29, 0.717) is 6.61 Å². The van der Waals surface area contributed by atoms with Crippen LogP contribution in [-0.2, 0) is 11.2 Å². The number of hydrogen-bond acceptors (Lipinski definition) is 2. The van der Waals surface area contributed by atoms with E-state index >= 15 is 0 Å². The van der Waals surface area contributed by atoms with Crippen LogP contribution in [0.15, 0.2) is 24.3 Å². The van der Waals surface area contributed by atoms with Crippen molar-refractivity contribution < 1.29 is 4.74 Å². The molecule has 1 rings (SSSR count). The minimum Gasteiger partial charge on any atom is -0.380 e. The normalized spacial score (nSPS) is 12.7. The predicted octanol–water partition coefficient (Wildman–Crippen LogP) is 2.68. The van der Waals surface area contributed by atoms with Gasteiger partial charge < -0.3 is 10.5 Å². The van der Waals surface area contributed by atoms with Gasteiger partial charge in [0.15, 0.2) is 0 Å². The number of benzene rings is 1. The Labute approximate surface area is 98.8 Å². The molecule has 1 aromatic carbocycles. The van der Waals surface area contributed by atoms with Crippen molar-refractivity contribution in [2.75, 3.05) is 13.2 Å². The Hall–Kier alpha value is -0.860. The van der Waals surface area contributed by atoms with Gasteiger partial charge >= 0.3 is 0 Å². The van der Waals surface area contributed by atoms with E-state index in [9.17, 15) is 0 Å². The summed E-state index contributed by atoms with van der Waals surface area (Å²) in [5.74, 6) is 0. The van der Waals surface area contributed by atoms with Crippen LogP contribution < -0.4 is 5.73 Å². The van der Waals surface area contributed by atoms with E-state index in [-0.39, 0.29) is 6.04 Å². The van der Waals surface area contributed by atoms with E-state index in [4.69, 9.17) is 10.5 Å². The number of hydrogen-bond donors (Lipinski definition) is 1. The summed E-state index contributed by atoms with van der Waals surface area (Å²) >= 11 is 0. The molecule has 0 fully saturated rings. The lowest BCUT2D eigenvalue weighted by Gasteiger charge is -2.11. The third-order valence-corrected chi connectivity index (χ3v) is 2.60. The van der Waals surface area contributed by atoms with Crippen molar-refractivity contribution in [1.82, 2.24) is 0 Å². The molecule has 2 N–H and O–H groups in total. The average Bonchev–Trinajstić information content (AvgIpc) is 2.29. The fourth-order valence-electron chi connectivity index (χ4n) is 1.57. The first kappa shape index (κ1) is 13.2. The van der Waals surface area contributed by atoms with E-state index in [2.05, 4.69) is 38.1 Å². The van der Waals surface area contributed by atoms with Crippen molar-refractivity contribution >= 4 is 0 Å². The van der Waals surface area contributed by atoms with Crippen molar-refractivity contribution in [3.8, 4) is 0 Å². The van der Waals surface area contributed by atoms with Crippen LogP contribution in [0.2, 0.25) is 0 Å². The van der Waals surface area contributed by atoms with Crippen LogP contribution in [0, 0.1) is 6.92 Å². The van der Waals surface area contributed by atoms with Crippen LogP contribution in [-0.4, -0.2) is 19.3 Å². The van der Waals surface area contributed by atoms with Crippen LogP contribution in [0.5, 0.6) is 0 Å². The van der Waals surface area contributed by atoms with Crippen molar-refractivity contribution in [3.63, 3.8) is 0 Å². The molecule has 16 heavy (non-hydrogen) atoms. The largest absolute Gasteiger partial charge is 0.380 e. The zero-order valence-electron chi connectivity index (χ0n) is 10.4. The molecule has 0 saturated carbocycles. The molecule has 0 aromatic heterocycles. The Kier molecular flexibility index (Phi) is 6.12. The smallest absolute Gasteiger partial charge is 0.0617 e. The topological polar surface area (TPSA) is 35.2 Å². The van der Waals surface area contributed by atoms with Crippen molar-refractivity contribution in [2.45, 2.75) is 39.2 Å². The molecule has 0 amide bonds. The van der Waals surface area contributed by atoms with Crippen LogP contribution >= 0.6 is 0 Å². The van der Waals surface area contributed by atoms with Gasteiger partial charge in [-0.2, -0.15) is 0 Å². The maximum Gasteiger partial charge on any atom is 0.0617 e. The lowest BCUT2D eigenvalue weighted by molar-refractivity contribution is 0.119. The summed E-state index contributed by atoms with van der Waals surface area (Å²) in [5.41, 5.74) is 8.63. The molecule has 0 spiro atoms. The lowest BCUT2D eigenvalue weighted by atomic mass is 10.0. The second kappa shape index (κ2) is 7.42. The van der Waals surface area contributed by atoms with E-state index in [1.54, 1.807) is 0 Å². The standard InChI is InChI=1S/C14H23NO/c1-3-10-16-11-14(15)9-8-13-6-4-12(2)5-7-13/h4-7,14H,3,8-11,15H2,1-2H3. The maximum atomic E-state index is 5.97. The van der Waals surface area contributed by atoms with Gasteiger partial charge in [-0.1, -0.05) is 36.8 Å². The van der Waals surface area contributed by atoms with Gasteiger partial charge in [0.2, 0.25) is 0 Å². The molecule has 0 aliphatic rings. The molecule has 0 aliphatic heterocycles. The molecule has 0 heterocycles. The fourth-order valence-corrected chi connectivity index (χ4v) is 1.57. The lowest BCUT2D eigenvalue weighted by Crippen LogP contribution is -2.27. The fraction of sp³-hybridized carbons (Fsp3) is 0.571. The minimum absolute atomic E-state index is 0.160. The van der Waals surface area contributed by atoms with E-state index < -0.39 is 0 Å². The quantitative estimate of drug-likeness (QED) is 0.718. The number of aryl methyl sites for hydroxylation is 2. The molecule has 1 unspecified atom stereocenters. The van der Waals surface area contributed by atoms with Crippen LogP contribution in [0.1, 0.15) is 30.9 Å². The van der Waals surface area contributed by atoms with Crippen LogP contribution in [0.4, 0.5) is 0 Å². The number of nitrogens with two attached hydrogens (primary N) is 1. The molecule has 2 nitrogen and oxygen atoms in total. The highest BCUT2D eigenvalue weighted by atomic mass is 16.5. The second-order valence-corrected chi connectivity index (χ2v) is 4.36. The van der Waals surface area contributed by atoms with E-state index in [1.807, 2.05) is 0 Å². The third kappa shape index (κ3) is 5.29. The second-order valence-electron chi connectivity index (χ2n) is 4.36. The molecule has 1 atom stereocenters. The summed E-state index contributed by atoms with van der Waals surface area (Å²) in [6, 6.07) is 8.81. The zero-order chi connectivity index (χ0) is 11.8. The van der Waals surface area contributed by atoms with Crippen molar-refractivity contribution in [2.24, 2.45) is 5.73 Å². The molecule has 0 aliphatic carbocycles. The van der Waals surface area contributed by atoms with Gasteiger partial charge in [0.05, 0.1) is 6.61 Å². The van der Waals surface area contributed by atoms with Gasteiger partial charge in [-0.15, -0.1) is 0 Å². The highest BCUT2D eigenvalue weighted by Crippen LogP contribution is 2.07. The summed E-state index contributed by atoms with van der Waals surface area (Å²) in [6.45, 7) is 5.71. The zero-order valence-corrected chi connectivity index (χ0v) is 10.4. The Morgan fingerprint density at radius 1 is 1.25 bits per heavy atom. The summed E-state index contributed by atoms with van der Waals surface area (Å²) in [4.78, 5) is 0. The average molecular weight is 221 g/mol. The highest BCUT2D eigenvalue weighted by molar-refractivity contribution is 5.21. The summed E-state index contributed by atoms with van der Waals surface area (Å²) in [7, 11) is 0. The van der Waals surface area contributed by atoms with Crippen LogP contribution in [0.25, 0.3) is 0 Å². The molecule has 2 heteroatoms. The van der Waals surface area contributed by atoms with Gasteiger partial charge in [0, 0.05) is 12.6 Å². The maximum absolute atomic E-state index is 5.97. The molecule has 0 bridgehead atoms. The molecular weight excluding hydrogens is 198 g/mol. The van der Waals surface area contributed by atoms with Gasteiger partial charge in [-0.25, -0.2) is 0 Å². The molecular formula is C14H23NO. The monoisotopic (exact) mass is 221 g/mol. The van der Waals surface area contributed by atoms with Gasteiger partial charge in [0.25, 0.3) is 0 Å². The molecule has 0 radical (unpaired) electrons. The molecule has 90 valence electrons. The van der Waals surface area contributed by atoms with Crippen LogP contribution in [0.3, 0.4) is 0 Å². The third-order valence-electron chi connectivity index (χ3n) is 2.60. The number of rotatable bonds is 7. The Bertz CT molecular complexity index is 281. The summed E-state index contributed by atoms with van der Waals surface area (Å²) < 4.78 is 5.43.